The minimum atomic E-state index is -4.75. The first-order valence-electron chi connectivity index (χ1n) is 26.8. The first-order valence-corrected chi connectivity index (χ1v) is 28.4. The Labute approximate surface area is 378 Å². The van der Waals surface area contributed by atoms with Crippen molar-refractivity contribution >= 4 is 19.8 Å². The Kier molecular flexibility index (Phi) is 47.7. The van der Waals surface area contributed by atoms with Crippen LogP contribution in [-0.2, 0) is 28.2 Å². The van der Waals surface area contributed by atoms with Gasteiger partial charge in [-0.05, 0) is 12.8 Å². The van der Waals surface area contributed by atoms with E-state index in [2.05, 4.69) is 18.4 Å². The number of esters is 2. The number of ether oxygens (including phenoxy) is 2. The highest BCUT2D eigenvalue weighted by Gasteiger charge is 2.23. The fraction of sp³-hybridized carbons (Fsp3) is 0.962. The van der Waals surface area contributed by atoms with Gasteiger partial charge in [-0.2, -0.15) is 0 Å². The van der Waals surface area contributed by atoms with E-state index in [1.54, 1.807) is 0 Å². The van der Waals surface area contributed by atoms with Crippen LogP contribution < -0.4 is 0 Å². The summed E-state index contributed by atoms with van der Waals surface area (Å²) in [4.78, 5) is 43.1. The quantitative estimate of drug-likeness (QED) is 0.0352. The summed E-state index contributed by atoms with van der Waals surface area (Å²) in [6.07, 6.45) is 55.6. The SMILES string of the molecule is CCCCCCCCCCCCCCCCCCCCCCCCCC(=O)OC[C@H](COP(=O)(O)O)OC(=O)CCCCCCCCCCCCCCCCCCCCCC. The summed E-state index contributed by atoms with van der Waals surface area (Å²) in [5.41, 5.74) is 0. The lowest BCUT2D eigenvalue weighted by atomic mass is 10.0. The van der Waals surface area contributed by atoms with Gasteiger partial charge in [-0.3, -0.25) is 14.1 Å². The van der Waals surface area contributed by atoms with Gasteiger partial charge in [0.05, 0.1) is 6.61 Å². The van der Waals surface area contributed by atoms with Crippen molar-refractivity contribution in [1.82, 2.24) is 0 Å². The van der Waals surface area contributed by atoms with Gasteiger partial charge in [0.1, 0.15) is 6.61 Å². The van der Waals surface area contributed by atoms with Crippen LogP contribution in [0, 0.1) is 0 Å². The predicted octanol–water partition coefficient (Wildman–Crippen LogP) is 17.1. The van der Waals surface area contributed by atoms with Gasteiger partial charge in [0.15, 0.2) is 6.10 Å². The maximum atomic E-state index is 12.5. The number of carbonyl (C=O) groups excluding carboxylic acids is 2. The van der Waals surface area contributed by atoms with Crippen molar-refractivity contribution < 1.29 is 37.9 Å². The molecule has 0 aromatic heterocycles. The van der Waals surface area contributed by atoms with E-state index < -0.39 is 32.5 Å². The Hall–Kier alpha value is -0.950. The minimum absolute atomic E-state index is 0.221. The van der Waals surface area contributed by atoms with Gasteiger partial charge < -0.3 is 19.3 Å². The smallest absolute Gasteiger partial charge is 0.462 e. The molecule has 0 spiro atoms. The summed E-state index contributed by atoms with van der Waals surface area (Å²) in [6.45, 7) is 3.76. The molecule has 0 aromatic carbocycles. The number of hydrogen-bond donors (Lipinski definition) is 2. The van der Waals surface area contributed by atoms with Crippen molar-refractivity contribution in [3.63, 3.8) is 0 Å². The molecule has 9 heteroatoms. The van der Waals surface area contributed by atoms with E-state index >= 15 is 0 Å². The summed E-state index contributed by atoms with van der Waals surface area (Å²) < 4.78 is 26.6. The third-order valence-corrected chi connectivity index (χ3v) is 12.9. The van der Waals surface area contributed by atoms with Crippen LogP contribution in [0.2, 0.25) is 0 Å². The van der Waals surface area contributed by atoms with Crippen LogP contribution in [-0.4, -0.2) is 41.0 Å². The third-order valence-electron chi connectivity index (χ3n) is 12.4. The predicted molar refractivity (Wildman–Crippen MR) is 258 cm³/mol. The van der Waals surface area contributed by atoms with Gasteiger partial charge >= 0.3 is 19.8 Å². The molecule has 0 amide bonds. The van der Waals surface area contributed by atoms with Gasteiger partial charge in [-0.25, -0.2) is 4.57 Å². The van der Waals surface area contributed by atoms with Crippen LogP contribution in [0.25, 0.3) is 0 Å². The number of rotatable bonds is 51. The third kappa shape index (κ3) is 51.6. The fourth-order valence-electron chi connectivity index (χ4n) is 8.38. The van der Waals surface area contributed by atoms with Crippen LogP contribution in [0.3, 0.4) is 0 Å². The zero-order valence-electron chi connectivity index (χ0n) is 40.6. The Morgan fingerprint density at radius 2 is 0.590 bits per heavy atom. The largest absolute Gasteiger partial charge is 0.469 e. The molecule has 0 bridgehead atoms. The molecule has 0 unspecified atom stereocenters. The Balaban J connectivity index is 3.73. The number of carbonyl (C=O) groups is 2. The molecule has 0 saturated heterocycles. The highest BCUT2D eigenvalue weighted by molar-refractivity contribution is 7.46. The van der Waals surface area contributed by atoms with Crippen LogP contribution in [0.4, 0.5) is 0 Å². The van der Waals surface area contributed by atoms with Gasteiger partial charge in [0, 0.05) is 12.8 Å². The molecule has 1 atom stereocenters. The van der Waals surface area contributed by atoms with E-state index in [1.165, 1.54) is 238 Å². The molecule has 61 heavy (non-hydrogen) atoms. The summed E-state index contributed by atoms with van der Waals surface area (Å²) in [5, 5.41) is 0. The lowest BCUT2D eigenvalue weighted by molar-refractivity contribution is -0.161. The lowest BCUT2D eigenvalue weighted by Gasteiger charge is -2.18. The van der Waals surface area contributed by atoms with Crippen molar-refractivity contribution in [2.45, 2.75) is 309 Å². The van der Waals surface area contributed by atoms with Crippen molar-refractivity contribution in [3.05, 3.63) is 0 Å². The first-order chi connectivity index (χ1) is 29.8. The second-order valence-corrected chi connectivity index (χ2v) is 19.8. The van der Waals surface area contributed by atoms with Crippen molar-refractivity contribution in [2.24, 2.45) is 0 Å². The fourth-order valence-corrected chi connectivity index (χ4v) is 8.74. The minimum Gasteiger partial charge on any atom is -0.462 e. The molecule has 0 heterocycles. The number of unbranched alkanes of at least 4 members (excludes halogenated alkanes) is 41. The van der Waals surface area contributed by atoms with E-state index in [0.29, 0.717) is 6.42 Å². The number of phosphoric ester groups is 1. The molecule has 8 nitrogen and oxygen atoms in total. The normalized spacial score (nSPS) is 12.3. The van der Waals surface area contributed by atoms with E-state index in [4.69, 9.17) is 19.3 Å². The molecule has 0 aromatic rings. The summed E-state index contributed by atoms with van der Waals surface area (Å²) in [5.74, 6) is -0.859. The van der Waals surface area contributed by atoms with Gasteiger partial charge in [-0.1, -0.05) is 277 Å². The van der Waals surface area contributed by atoms with Crippen molar-refractivity contribution in [1.29, 1.82) is 0 Å². The van der Waals surface area contributed by atoms with Crippen molar-refractivity contribution in [3.8, 4) is 0 Å². The molecule has 0 aliphatic rings. The highest BCUT2D eigenvalue weighted by atomic mass is 31.2. The summed E-state index contributed by atoms with van der Waals surface area (Å²) in [7, 11) is -4.75. The van der Waals surface area contributed by atoms with Crippen molar-refractivity contribution in [2.75, 3.05) is 13.2 Å². The molecule has 0 fully saturated rings. The Morgan fingerprint density at radius 1 is 0.361 bits per heavy atom. The molecular formula is C52H103O8P. The molecule has 0 saturated carbocycles. The summed E-state index contributed by atoms with van der Waals surface area (Å²) >= 11 is 0. The number of hydrogen-bond acceptors (Lipinski definition) is 6. The van der Waals surface area contributed by atoms with Crippen LogP contribution in [0.15, 0.2) is 0 Å². The van der Waals surface area contributed by atoms with Crippen LogP contribution in [0.1, 0.15) is 303 Å². The summed E-state index contributed by atoms with van der Waals surface area (Å²) in [6, 6.07) is 0. The molecule has 0 aliphatic heterocycles. The topological polar surface area (TPSA) is 119 Å². The first kappa shape index (κ1) is 60.1. The highest BCUT2D eigenvalue weighted by Crippen LogP contribution is 2.36. The zero-order valence-corrected chi connectivity index (χ0v) is 41.5. The standard InChI is InChI=1S/C52H103O8P/c1-3-5-7-9-11-13-15-17-19-21-23-25-26-27-29-30-32-34-36-38-40-42-44-46-51(53)58-48-50(49-59-61(55,56)57)60-52(54)47-45-43-41-39-37-35-33-31-28-24-22-20-18-16-14-12-10-8-6-4-2/h50H,3-49H2,1-2H3,(H2,55,56,57)/t50-/m1/s1. The molecular weight excluding hydrogens is 784 g/mol. The maximum absolute atomic E-state index is 12.5. The Morgan fingerprint density at radius 3 is 0.836 bits per heavy atom. The lowest BCUT2D eigenvalue weighted by Crippen LogP contribution is -2.29. The van der Waals surface area contributed by atoms with E-state index in [1.807, 2.05) is 0 Å². The molecule has 0 rings (SSSR count). The average molecular weight is 887 g/mol. The van der Waals surface area contributed by atoms with Crippen LogP contribution in [0.5, 0.6) is 0 Å². The number of phosphoric acid groups is 1. The van der Waals surface area contributed by atoms with E-state index in [9.17, 15) is 14.2 Å². The average Bonchev–Trinajstić information content (AvgIpc) is 3.23. The van der Waals surface area contributed by atoms with Gasteiger partial charge in [0.2, 0.25) is 0 Å². The zero-order chi connectivity index (χ0) is 44.6. The molecule has 0 aliphatic carbocycles. The van der Waals surface area contributed by atoms with E-state index in [0.717, 1.165) is 32.1 Å². The maximum Gasteiger partial charge on any atom is 0.469 e. The van der Waals surface area contributed by atoms with Crippen LogP contribution >= 0.6 is 7.82 Å². The molecule has 2 N–H and O–H groups in total. The van der Waals surface area contributed by atoms with E-state index in [-0.39, 0.29) is 19.4 Å². The van der Waals surface area contributed by atoms with Gasteiger partial charge in [-0.15, -0.1) is 0 Å². The second kappa shape index (κ2) is 48.5. The second-order valence-electron chi connectivity index (χ2n) is 18.6. The Bertz CT molecular complexity index is 956. The van der Waals surface area contributed by atoms with Gasteiger partial charge in [0.25, 0.3) is 0 Å². The molecule has 364 valence electrons. The molecule has 0 radical (unpaired) electrons. The monoisotopic (exact) mass is 887 g/mol.